The molecule has 4 aromatic carbocycles. The molecular formula is C33H36IO3P. The predicted octanol–water partition coefficient (Wildman–Crippen LogP) is 7.26. The molecule has 0 bridgehead atoms. The van der Waals surface area contributed by atoms with Gasteiger partial charge in [0.05, 0.1) is 0 Å². The first-order chi connectivity index (χ1) is 24.6. The van der Waals surface area contributed by atoms with Crippen molar-refractivity contribution in [3.8, 4) is 5.75 Å². The average Bonchev–Trinajstić information content (AvgIpc) is 3.13. The van der Waals surface area contributed by atoms with Gasteiger partial charge >= 0.3 is 261 Å². The number of ether oxygens (including phenoxy) is 3. The summed E-state index contributed by atoms with van der Waals surface area (Å²) in [6, 6.07) is -5.02. The van der Waals surface area contributed by atoms with E-state index in [1.165, 1.54) is 7.11 Å². The van der Waals surface area contributed by atoms with Gasteiger partial charge in [0.1, 0.15) is 0 Å². The Hall–Kier alpha value is -2.24. The zero-order valence-electron chi connectivity index (χ0n) is 36.1. The summed E-state index contributed by atoms with van der Waals surface area (Å²) >= 11 is 1.76. The summed E-state index contributed by atoms with van der Waals surface area (Å²) in [6.07, 6.45) is -2.06. The van der Waals surface area contributed by atoms with E-state index < -0.39 is 135 Å². The van der Waals surface area contributed by atoms with E-state index in [1.807, 2.05) is 6.92 Å². The fourth-order valence-electron chi connectivity index (χ4n) is 4.96. The quantitative estimate of drug-likeness (QED) is 0.148. The van der Waals surface area contributed by atoms with Crippen molar-refractivity contribution in [1.29, 1.82) is 0 Å². The van der Waals surface area contributed by atoms with Crippen molar-refractivity contribution in [2.24, 2.45) is 11.8 Å². The molecule has 4 atom stereocenters. The van der Waals surface area contributed by atoms with Crippen LogP contribution in [0.5, 0.6) is 5.75 Å². The van der Waals surface area contributed by atoms with Crippen LogP contribution in [-0.4, -0.2) is 26.0 Å². The Morgan fingerprint density at radius 3 is 1.79 bits per heavy atom. The number of benzene rings is 4. The van der Waals surface area contributed by atoms with Gasteiger partial charge in [-0.3, -0.25) is 0 Å². The second-order valence-corrected chi connectivity index (χ2v) is 19.7. The van der Waals surface area contributed by atoms with Crippen LogP contribution in [0.25, 0.3) is 0 Å². The van der Waals surface area contributed by atoms with E-state index >= 15 is 0 Å². The molecule has 198 valence electrons. The SMILES string of the molecule is [2H]c1c([2H])c([2H])c(P(I)(C[C@@H](C)[C@@H]2OC(c3ccc(OC)cc3)OC[C@@H]2C)(c2c([2H])c([2H])c([2H])c([2H])c2[2H])c2c([2H])c([2H])c([2H])c([2H])c2[2H])c([2H])c1[2H]. The molecule has 38 heavy (non-hydrogen) atoms. The Morgan fingerprint density at radius 2 is 1.34 bits per heavy atom. The molecule has 3 nitrogen and oxygen atoms in total. The van der Waals surface area contributed by atoms with Crippen molar-refractivity contribution >= 4 is 42.2 Å². The van der Waals surface area contributed by atoms with Crippen molar-refractivity contribution in [2.75, 3.05) is 19.9 Å². The minimum atomic E-state index is -5.56. The number of hydrogen-bond donors (Lipinski definition) is 0. The Balaban J connectivity index is 1.98. The Kier molecular flexibility index (Phi) is 4.35. The van der Waals surface area contributed by atoms with Crippen molar-refractivity contribution in [3.05, 3.63) is 120 Å². The molecule has 1 heterocycles. The number of hydrogen-bond acceptors (Lipinski definition) is 3. The number of halogens is 1. The van der Waals surface area contributed by atoms with Gasteiger partial charge < -0.3 is 0 Å². The third-order valence-electron chi connectivity index (χ3n) is 6.79. The van der Waals surface area contributed by atoms with Crippen LogP contribution in [0.3, 0.4) is 0 Å². The monoisotopic (exact) mass is 653 g/mol. The van der Waals surface area contributed by atoms with E-state index in [0.29, 0.717) is 11.3 Å². The van der Waals surface area contributed by atoms with E-state index in [0.717, 1.165) is 0 Å². The first-order valence-corrected chi connectivity index (χ1v) is 17.2. The maximum absolute atomic E-state index is 9.29. The third kappa shape index (κ3) is 5.04. The Labute approximate surface area is 261 Å². The van der Waals surface area contributed by atoms with Crippen LogP contribution in [0.2, 0.25) is 0 Å². The van der Waals surface area contributed by atoms with Crippen LogP contribution in [0, 0.1) is 11.8 Å². The van der Waals surface area contributed by atoms with Gasteiger partial charge in [0, 0.05) is 0 Å². The summed E-state index contributed by atoms with van der Waals surface area (Å²) in [4.78, 5) is 0. The zero-order valence-corrected chi connectivity index (χ0v) is 24.1. The van der Waals surface area contributed by atoms with Crippen LogP contribution in [0.1, 0.15) is 46.3 Å². The third-order valence-corrected chi connectivity index (χ3v) is 17.0. The molecule has 1 aliphatic rings. The van der Waals surface area contributed by atoms with E-state index in [-0.39, 0.29) is 12.5 Å². The normalized spacial score (nSPS) is 27.2. The molecule has 0 spiro atoms. The van der Waals surface area contributed by atoms with Gasteiger partial charge in [-0.15, -0.1) is 0 Å². The molecule has 0 aromatic heterocycles. The molecule has 1 aliphatic heterocycles. The Bertz CT molecular complexity index is 1880. The molecule has 0 saturated carbocycles. The van der Waals surface area contributed by atoms with Crippen LogP contribution in [0.15, 0.2) is 115 Å². The molecule has 5 rings (SSSR count). The topological polar surface area (TPSA) is 27.7 Å². The molecule has 1 fully saturated rings. The molecule has 0 aliphatic carbocycles. The van der Waals surface area contributed by atoms with E-state index in [2.05, 4.69) is 0 Å². The number of rotatable bonds is 8. The maximum atomic E-state index is 9.29. The molecule has 1 saturated heterocycles. The number of methoxy groups -OCH3 is 1. The molecule has 4 aromatic rings. The molecule has 5 heteroatoms. The summed E-state index contributed by atoms with van der Waals surface area (Å²) in [7, 11) is 1.53. The van der Waals surface area contributed by atoms with Crippen molar-refractivity contribution in [1.82, 2.24) is 0 Å². The fraction of sp³-hybridized carbons (Fsp3) is 0.273. The summed E-state index contributed by atoms with van der Waals surface area (Å²) in [6.45, 7) is 3.74. The van der Waals surface area contributed by atoms with Crippen LogP contribution in [-0.2, 0) is 9.47 Å². The summed E-state index contributed by atoms with van der Waals surface area (Å²) in [5.41, 5.74) is 0.642. The molecule has 1 unspecified atom stereocenters. The van der Waals surface area contributed by atoms with Crippen molar-refractivity contribution in [3.63, 3.8) is 0 Å². The average molecular weight is 654 g/mol. The first-order valence-electron chi connectivity index (χ1n) is 19.5. The van der Waals surface area contributed by atoms with Gasteiger partial charge in [-0.05, 0) is 0 Å². The molecule has 0 amide bonds. The standard InChI is InChI=1S/C33H36IO3P/c1-25-23-36-33(27-19-21-28(35-3)22-20-27)37-32(25)26(2)24-38(34,29-13-7-4-8-14-29,30-15-9-5-10-16-30)31-17-11-6-12-18-31/h4-22,25-26,32-33H,23-24H2,1-3H3/t25-,26+,32+,33?/m0/s1/i4D,5D,6D,7D,8D,9D,10D,11D,12D,13D,14D,15D,16D,17D,18D. The van der Waals surface area contributed by atoms with E-state index in [9.17, 15) is 8.22 Å². The van der Waals surface area contributed by atoms with Crippen LogP contribution >= 0.6 is 26.3 Å². The first kappa shape index (κ1) is 14.4. The van der Waals surface area contributed by atoms with E-state index in [1.54, 1.807) is 53.2 Å². The van der Waals surface area contributed by atoms with Crippen molar-refractivity contribution < 1.29 is 34.8 Å². The van der Waals surface area contributed by atoms with Crippen LogP contribution < -0.4 is 20.7 Å². The van der Waals surface area contributed by atoms with Crippen molar-refractivity contribution in [2.45, 2.75) is 26.2 Å². The second-order valence-electron chi connectivity index (χ2n) is 9.28. The zero-order chi connectivity index (χ0) is 39.7. The van der Waals surface area contributed by atoms with E-state index in [4.69, 9.17) is 26.5 Å². The Morgan fingerprint density at radius 1 is 0.868 bits per heavy atom. The predicted molar refractivity (Wildman–Crippen MR) is 169 cm³/mol. The summed E-state index contributed by atoms with van der Waals surface area (Å²) < 4.78 is 145. The van der Waals surface area contributed by atoms with Gasteiger partial charge in [0.15, 0.2) is 0 Å². The molecule has 0 N–H and O–H groups in total. The minimum absolute atomic E-state index is 0.181. The summed E-state index contributed by atoms with van der Waals surface area (Å²) in [5.74, 6) is -0.552. The fourth-order valence-corrected chi connectivity index (χ4v) is 13.2. The summed E-state index contributed by atoms with van der Waals surface area (Å²) in [5, 5.41) is -1.55. The molecular weight excluding hydrogens is 602 g/mol. The second kappa shape index (κ2) is 11.5. The van der Waals surface area contributed by atoms with Crippen LogP contribution in [0.4, 0.5) is 0 Å². The molecule has 0 radical (unpaired) electrons. The van der Waals surface area contributed by atoms with Gasteiger partial charge in [0.2, 0.25) is 0 Å². The van der Waals surface area contributed by atoms with Gasteiger partial charge in [-0.1, -0.05) is 0 Å². The van der Waals surface area contributed by atoms with Gasteiger partial charge in [-0.25, -0.2) is 0 Å². The van der Waals surface area contributed by atoms with Gasteiger partial charge in [0.25, 0.3) is 0 Å². The van der Waals surface area contributed by atoms with Gasteiger partial charge in [-0.2, -0.15) is 0 Å².